The van der Waals surface area contributed by atoms with Gasteiger partial charge in [-0.3, -0.25) is 4.79 Å². The molecule has 1 heterocycles. The van der Waals surface area contributed by atoms with E-state index in [1.165, 1.54) is 6.07 Å². The Morgan fingerprint density at radius 2 is 1.91 bits per heavy atom. The molecule has 0 amide bonds. The zero-order valence-corrected chi connectivity index (χ0v) is 13.0. The Labute approximate surface area is 132 Å². The minimum Gasteiger partial charge on any atom is -0.481 e. The average Bonchev–Trinajstić information content (AvgIpc) is 2.45. The number of carbonyl (C=O) groups is 1. The smallest absolute Gasteiger partial charge is 0.307 e. The lowest BCUT2D eigenvalue weighted by Gasteiger charge is -2.35. The van der Waals surface area contributed by atoms with Crippen molar-refractivity contribution in [3.63, 3.8) is 0 Å². The van der Waals surface area contributed by atoms with Crippen molar-refractivity contribution >= 4 is 16.0 Å². The number of piperidine rings is 1. The van der Waals surface area contributed by atoms with E-state index in [2.05, 4.69) is 0 Å². The van der Waals surface area contributed by atoms with Gasteiger partial charge in [-0.05, 0) is 31.9 Å². The predicted molar refractivity (Wildman–Crippen MR) is 74.8 cm³/mol. The molecule has 6 nitrogen and oxygen atoms in total. The number of carboxylic acids is 1. The molecule has 1 N–H and O–H groups in total. The van der Waals surface area contributed by atoms with Gasteiger partial charge in [0.2, 0.25) is 10.0 Å². The Bertz CT molecular complexity index is 765. The number of hydrogen-bond donors (Lipinski definition) is 1. The van der Waals surface area contributed by atoms with Gasteiger partial charge in [0, 0.05) is 12.6 Å². The van der Waals surface area contributed by atoms with Gasteiger partial charge in [0.25, 0.3) is 0 Å². The monoisotopic (exact) mass is 344 g/mol. The maximum atomic E-state index is 14.0. The summed E-state index contributed by atoms with van der Waals surface area (Å²) in [6.07, 6.45) is 0.566. The van der Waals surface area contributed by atoms with Gasteiger partial charge in [-0.25, -0.2) is 17.2 Å². The third-order valence-corrected chi connectivity index (χ3v) is 5.90. The van der Waals surface area contributed by atoms with Crippen molar-refractivity contribution in [2.45, 2.75) is 30.7 Å². The molecule has 0 aliphatic carbocycles. The Kier molecular flexibility index (Phi) is 4.68. The van der Waals surface area contributed by atoms with E-state index in [0.717, 1.165) is 4.31 Å². The maximum Gasteiger partial charge on any atom is 0.307 e. The summed E-state index contributed by atoms with van der Waals surface area (Å²) in [6.45, 7) is 1.20. The van der Waals surface area contributed by atoms with E-state index in [0.29, 0.717) is 18.6 Å². The molecule has 1 aliphatic heterocycles. The molecule has 0 spiro atoms. The summed E-state index contributed by atoms with van der Waals surface area (Å²) in [7, 11) is -4.55. The van der Waals surface area contributed by atoms with E-state index in [4.69, 9.17) is 10.4 Å². The van der Waals surface area contributed by atoms with Gasteiger partial charge in [-0.1, -0.05) is 0 Å². The Morgan fingerprint density at radius 1 is 1.35 bits per heavy atom. The van der Waals surface area contributed by atoms with E-state index in [-0.39, 0.29) is 18.5 Å². The zero-order valence-electron chi connectivity index (χ0n) is 12.2. The third-order valence-electron chi connectivity index (χ3n) is 3.87. The molecule has 2 rings (SSSR count). The van der Waals surface area contributed by atoms with E-state index >= 15 is 0 Å². The average molecular weight is 344 g/mol. The van der Waals surface area contributed by atoms with Crippen molar-refractivity contribution in [1.29, 1.82) is 5.26 Å². The van der Waals surface area contributed by atoms with E-state index in [1.54, 1.807) is 6.92 Å². The van der Waals surface area contributed by atoms with Crippen molar-refractivity contribution in [2.75, 3.05) is 6.54 Å². The number of nitrogens with zero attached hydrogens (tertiary/aromatic N) is 2. The summed E-state index contributed by atoms with van der Waals surface area (Å²) in [4.78, 5) is 9.92. The maximum absolute atomic E-state index is 14.0. The van der Waals surface area contributed by atoms with Crippen molar-refractivity contribution < 1.29 is 27.1 Å². The van der Waals surface area contributed by atoms with Crippen LogP contribution in [0, 0.1) is 28.9 Å². The lowest BCUT2D eigenvalue weighted by atomic mass is 9.96. The van der Waals surface area contributed by atoms with Crippen LogP contribution in [0.25, 0.3) is 0 Å². The second-order valence-corrected chi connectivity index (χ2v) is 7.24. The molecule has 2 unspecified atom stereocenters. The van der Waals surface area contributed by atoms with Crippen LogP contribution < -0.4 is 0 Å². The molecule has 1 aliphatic rings. The van der Waals surface area contributed by atoms with Crippen LogP contribution in [0.1, 0.15) is 25.3 Å². The highest BCUT2D eigenvalue weighted by atomic mass is 32.2. The first-order valence-corrected chi connectivity index (χ1v) is 8.26. The van der Waals surface area contributed by atoms with E-state index < -0.39 is 44.5 Å². The first-order valence-electron chi connectivity index (χ1n) is 6.82. The lowest BCUT2D eigenvalue weighted by Crippen LogP contribution is -2.47. The number of benzene rings is 1. The summed E-state index contributed by atoms with van der Waals surface area (Å²) < 4.78 is 54.0. The highest BCUT2D eigenvalue weighted by Crippen LogP contribution is 2.31. The number of sulfonamides is 1. The highest BCUT2D eigenvalue weighted by Gasteiger charge is 2.40. The van der Waals surface area contributed by atoms with E-state index in [9.17, 15) is 22.0 Å². The highest BCUT2D eigenvalue weighted by molar-refractivity contribution is 7.89. The molecule has 0 radical (unpaired) electrons. The van der Waals surface area contributed by atoms with Gasteiger partial charge in [0.1, 0.15) is 11.6 Å². The van der Waals surface area contributed by atoms with Gasteiger partial charge in [0.05, 0.1) is 17.6 Å². The van der Waals surface area contributed by atoms with Crippen molar-refractivity contribution in [2.24, 2.45) is 5.92 Å². The van der Waals surface area contributed by atoms with Gasteiger partial charge in [-0.2, -0.15) is 9.57 Å². The second-order valence-electron chi connectivity index (χ2n) is 5.42. The molecule has 9 heteroatoms. The van der Waals surface area contributed by atoms with Gasteiger partial charge in [-0.15, -0.1) is 0 Å². The van der Waals surface area contributed by atoms with Gasteiger partial charge in [0.15, 0.2) is 4.90 Å². The fourth-order valence-corrected chi connectivity index (χ4v) is 4.40. The largest absolute Gasteiger partial charge is 0.481 e. The van der Waals surface area contributed by atoms with Crippen LogP contribution in [-0.4, -0.2) is 36.4 Å². The van der Waals surface area contributed by atoms with Crippen molar-refractivity contribution in [3.05, 3.63) is 29.3 Å². The van der Waals surface area contributed by atoms with Crippen molar-refractivity contribution in [3.8, 4) is 6.07 Å². The molecule has 124 valence electrons. The number of nitriles is 1. The molecular formula is C14H14F2N2O4S. The Balaban J connectivity index is 2.49. The molecule has 1 fully saturated rings. The lowest BCUT2D eigenvalue weighted by molar-refractivity contribution is -0.143. The molecule has 1 aromatic rings. The molecule has 0 bridgehead atoms. The first kappa shape index (κ1) is 17.3. The number of rotatable bonds is 3. The van der Waals surface area contributed by atoms with Crippen LogP contribution in [-0.2, 0) is 14.8 Å². The summed E-state index contributed by atoms with van der Waals surface area (Å²) >= 11 is 0. The van der Waals surface area contributed by atoms with Crippen LogP contribution in [0.4, 0.5) is 8.78 Å². The fourth-order valence-electron chi connectivity index (χ4n) is 2.60. The molecular weight excluding hydrogens is 330 g/mol. The number of carboxylic acid groups (broad SMARTS) is 1. The van der Waals surface area contributed by atoms with Crippen LogP contribution >= 0.6 is 0 Å². The van der Waals surface area contributed by atoms with Crippen LogP contribution in [0.3, 0.4) is 0 Å². The molecule has 1 aromatic carbocycles. The second kappa shape index (κ2) is 6.22. The number of aliphatic carboxylic acids is 1. The summed E-state index contributed by atoms with van der Waals surface area (Å²) in [6, 6.07) is 2.23. The molecule has 1 saturated heterocycles. The molecule has 23 heavy (non-hydrogen) atoms. The number of halogens is 2. The SMILES string of the molecule is CC1CCC(C(=O)O)CN1S(=O)(=O)c1c(F)cc(C#N)cc1F. The molecule has 0 saturated carbocycles. The Hall–Kier alpha value is -2.05. The van der Waals surface area contributed by atoms with Crippen LogP contribution in [0.5, 0.6) is 0 Å². The number of hydrogen-bond acceptors (Lipinski definition) is 4. The minimum atomic E-state index is -4.55. The first-order chi connectivity index (χ1) is 10.7. The third kappa shape index (κ3) is 3.18. The Morgan fingerprint density at radius 3 is 2.39 bits per heavy atom. The van der Waals surface area contributed by atoms with Crippen LogP contribution in [0.15, 0.2) is 17.0 Å². The van der Waals surface area contributed by atoms with E-state index in [1.807, 2.05) is 0 Å². The van der Waals surface area contributed by atoms with Crippen LogP contribution in [0.2, 0.25) is 0 Å². The molecule has 2 atom stereocenters. The fraction of sp³-hybridized carbons (Fsp3) is 0.429. The summed E-state index contributed by atoms with van der Waals surface area (Å²) in [5.74, 6) is -4.82. The minimum absolute atomic E-state index is 0.274. The quantitative estimate of drug-likeness (QED) is 0.900. The summed E-state index contributed by atoms with van der Waals surface area (Å²) in [5.41, 5.74) is -0.339. The normalized spacial score (nSPS) is 22.5. The topological polar surface area (TPSA) is 98.5 Å². The van der Waals surface area contributed by atoms with Gasteiger partial charge >= 0.3 is 5.97 Å². The standard InChI is InChI=1S/C14H14F2N2O4S/c1-8-2-3-10(14(19)20)7-18(8)23(21,22)13-11(15)4-9(6-17)5-12(13)16/h4-5,8,10H,2-3,7H2,1H3,(H,19,20). The summed E-state index contributed by atoms with van der Waals surface area (Å²) in [5, 5.41) is 17.7. The zero-order chi connectivity index (χ0) is 17.4. The van der Waals surface area contributed by atoms with Crippen molar-refractivity contribution in [1.82, 2.24) is 4.31 Å². The molecule has 0 aromatic heterocycles. The predicted octanol–water partition coefficient (Wildman–Crippen LogP) is 1.71. The van der Waals surface area contributed by atoms with Gasteiger partial charge < -0.3 is 5.11 Å².